The molecule has 1 unspecified atom stereocenters. The summed E-state index contributed by atoms with van der Waals surface area (Å²) in [7, 11) is 1.79. The van der Waals surface area contributed by atoms with E-state index >= 15 is 0 Å². The molecule has 0 bridgehead atoms. The van der Waals surface area contributed by atoms with Crippen LogP contribution in [-0.4, -0.2) is 19.0 Å². The minimum atomic E-state index is 0. The first-order valence-corrected chi connectivity index (χ1v) is 6.66. The lowest BCUT2D eigenvalue weighted by molar-refractivity contribution is 0.624. The summed E-state index contributed by atoms with van der Waals surface area (Å²) in [5, 5.41) is 6.62. The van der Waals surface area contributed by atoms with Crippen molar-refractivity contribution in [3.8, 4) is 0 Å². The van der Waals surface area contributed by atoms with E-state index in [0.717, 1.165) is 23.4 Å². The van der Waals surface area contributed by atoms with Crippen LogP contribution in [0.3, 0.4) is 0 Å². The van der Waals surface area contributed by atoms with E-state index in [-0.39, 0.29) is 24.0 Å². The second-order valence-corrected chi connectivity index (χ2v) is 4.92. The molecule has 0 amide bonds. The zero-order valence-corrected chi connectivity index (χ0v) is 15.0. The van der Waals surface area contributed by atoms with Crippen molar-refractivity contribution in [3.63, 3.8) is 0 Å². The first-order chi connectivity index (χ1) is 8.15. The summed E-state index contributed by atoms with van der Waals surface area (Å²) in [5.41, 5.74) is 1.23. The standard InChI is InChI=1S/C13H20BrN3.HI/c1-4-10(2)17-13(15-3)16-9-11-6-5-7-12(14)8-11;/h5-8,10H,4,9H2,1-3H3,(H2,15,16,17);1H. The third-order valence-electron chi connectivity index (χ3n) is 2.57. The molecule has 0 aliphatic heterocycles. The van der Waals surface area contributed by atoms with Gasteiger partial charge >= 0.3 is 0 Å². The molecule has 0 fully saturated rings. The molecule has 0 spiro atoms. The van der Waals surface area contributed by atoms with Crippen molar-refractivity contribution in [1.82, 2.24) is 10.6 Å². The maximum Gasteiger partial charge on any atom is 0.191 e. The quantitative estimate of drug-likeness (QED) is 0.439. The fraction of sp³-hybridized carbons (Fsp3) is 0.462. The van der Waals surface area contributed by atoms with Crippen LogP contribution in [0, 0.1) is 0 Å². The molecular formula is C13H21BrIN3. The Labute approximate surface area is 135 Å². The van der Waals surface area contributed by atoms with Gasteiger partial charge in [-0.15, -0.1) is 24.0 Å². The van der Waals surface area contributed by atoms with Crippen LogP contribution in [0.25, 0.3) is 0 Å². The maximum absolute atomic E-state index is 4.20. The summed E-state index contributed by atoms with van der Waals surface area (Å²) >= 11 is 3.46. The number of nitrogens with zero attached hydrogens (tertiary/aromatic N) is 1. The van der Waals surface area contributed by atoms with Gasteiger partial charge in [0.05, 0.1) is 0 Å². The van der Waals surface area contributed by atoms with Crippen LogP contribution < -0.4 is 10.6 Å². The predicted octanol–water partition coefficient (Wildman–Crippen LogP) is 3.53. The Balaban J connectivity index is 0.00000289. The van der Waals surface area contributed by atoms with Gasteiger partial charge in [-0.05, 0) is 31.0 Å². The van der Waals surface area contributed by atoms with Crippen LogP contribution in [-0.2, 0) is 6.54 Å². The number of aliphatic imine (C=N–C) groups is 1. The van der Waals surface area contributed by atoms with E-state index < -0.39 is 0 Å². The molecular weight excluding hydrogens is 405 g/mol. The fourth-order valence-corrected chi connectivity index (χ4v) is 1.81. The third kappa shape index (κ3) is 6.58. The largest absolute Gasteiger partial charge is 0.354 e. The molecule has 0 aliphatic carbocycles. The predicted molar refractivity (Wildman–Crippen MR) is 92.6 cm³/mol. The number of nitrogens with one attached hydrogen (secondary N) is 2. The summed E-state index contributed by atoms with van der Waals surface area (Å²) in [5.74, 6) is 0.847. The van der Waals surface area contributed by atoms with E-state index in [4.69, 9.17) is 0 Å². The van der Waals surface area contributed by atoms with Gasteiger partial charge in [-0.2, -0.15) is 0 Å². The van der Waals surface area contributed by atoms with E-state index in [1.54, 1.807) is 7.05 Å². The Hall–Kier alpha value is -0.300. The summed E-state index contributed by atoms with van der Waals surface area (Å²) in [6.07, 6.45) is 1.08. The number of rotatable bonds is 4. The van der Waals surface area contributed by atoms with E-state index in [1.807, 2.05) is 12.1 Å². The summed E-state index contributed by atoms with van der Waals surface area (Å²) < 4.78 is 1.10. The molecule has 5 heteroatoms. The molecule has 1 rings (SSSR count). The first kappa shape index (κ1) is 17.7. The summed E-state index contributed by atoms with van der Waals surface area (Å²) in [4.78, 5) is 4.20. The number of halogens is 2. The molecule has 0 radical (unpaired) electrons. The van der Waals surface area contributed by atoms with Gasteiger partial charge < -0.3 is 10.6 Å². The monoisotopic (exact) mass is 425 g/mol. The molecule has 3 nitrogen and oxygen atoms in total. The number of benzene rings is 1. The smallest absolute Gasteiger partial charge is 0.191 e. The second kappa shape index (κ2) is 9.61. The Kier molecular flexibility index (Phi) is 9.45. The highest BCUT2D eigenvalue weighted by molar-refractivity contribution is 14.0. The van der Waals surface area contributed by atoms with Crippen molar-refractivity contribution in [2.24, 2.45) is 4.99 Å². The van der Waals surface area contributed by atoms with Gasteiger partial charge in [-0.1, -0.05) is 35.0 Å². The van der Waals surface area contributed by atoms with Gasteiger partial charge in [0.15, 0.2) is 5.96 Å². The topological polar surface area (TPSA) is 36.4 Å². The van der Waals surface area contributed by atoms with Gasteiger partial charge in [0.25, 0.3) is 0 Å². The lowest BCUT2D eigenvalue weighted by Crippen LogP contribution is -2.41. The molecule has 102 valence electrons. The zero-order chi connectivity index (χ0) is 12.7. The van der Waals surface area contributed by atoms with E-state index in [9.17, 15) is 0 Å². The van der Waals surface area contributed by atoms with Gasteiger partial charge in [0.2, 0.25) is 0 Å². The van der Waals surface area contributed by atoms with E-state index in [1.165, 1.54) is 5.56 Å². The lowest BCUT2D eigenvalue weighted by Gasteiger charge is -2.16. The maximum atomic E-state index is 4.20. The molecule has 1 aromatic rings. The Bertz CT molecular complexity index is 382. The fourth-order valence-electron chi connectivity index (χ4n) is 1.36. The highest BCUT2D eigenvalue weighted by Gasteiger charge is 2.02. The second-order valence-electron chi connectivity index (χ2n) is 4.01. The summed E-state index contributed by atoms with van der Waals surface area (Å²) in [6.45, 7) is 5.07. The van der Waals surface area contributed by atoms with Gasteiger partial charge in [-0.25, -0.2) is 0 Å². The first-order valence-electron chi connectivity index (χ1n) is 5.87. The molecule has 1 aromatic carbocycles. The molecule has 1 atom stereocenters. The molecule has 0 aliphatic rings. The van der Waals surface area contributed by atoms with Crippen molar-refractivity contribution >= 4 is 45.9 Å². The SMILES string of the molecule is CCC(C)NC(=NC)NCc1cccc(Br)c1.I. The van der Waals surface area contributed by atoms with Gasteiger partial charge in [-0.3, -0.25) is 4.99 Å². The van der Waals surface area contributed by atoms with Crippen molar-refractivity contribution in [1.29, 1.82) is 0 Å². The van der Waals surface area contributed by atoms with Crippen molar-refractivity contribution in [2.75, 3.05) is 7.05 Å². The van der Waals surface area contributed by atoms with Crippen LogP contribution in [0.4, 0.5) is 0 Å². The number of hydrogen-bond acceptors (Lipinski definition) is 1. The van der Waals surface area contributed by atoms with Crippen LogP contribution in [0.5, 0.6) is 0 Å². The normalized spacial score (nSPS) is 12.6. The summed E-state index contributed by atoms with van der Waals surface area (Å²) in [6, 6.07) is 8.68. The van der Waals surface area contributed by atoms with Crippen LogP contribution in [0.2, 0.25) is 0 Å². The lowest BCUT2D eigenvalue weighted by atomic mass is 10.2. The average molecular weight is 426 g/mol. The van der Waals surface area contributed by atoms with Crippen molar-refractivity contribution < 1.29 is 0 Å². The van der Waals surface area contributed by atoms with E-state index in [2.05, 4.69) is 57.5 Å². The zero-order valence-electron chi connectivity index (χ0n) is 11.0. The Morgan fingerprint density at radius 1 is 1.44 bits per heavy atom. The third-order valence-corrected chi connectivity index (χ3v) is 3.06. The van der Waals surface area contributed by atoms with Gasteiger partial charge in [0, 0.05) is 24.1 Å². The number of hydrogen-bond donors (Lipinski definition) is 2. The minimum Gasteiger partial charge on any atom is -0.354 e. The molecule has 2 N–H and O–H groups in total. The molecule has 0 heterocycles. The molecule has 0 saturated heterocycles. The van der Waals surface area contributed by atoms with Crippen LogP contribution in [0.15, 0.2) is 33.7 Å². The van der Waals surface area contributed by atoms with Crippen LogP contribution in [0.1, 0.15) is 25.8 Å². The average Bonchev–Trinajstić information content (AvgIpc) is 2.34. The highest BCUT2D eigenvalue weighted by atomic mass is 127. The highest BCUT2D eigenvalue weighted by Crippen LogP contribution is 2.11. The Morgan fingerprint density at radius 2 is 2.17 bits per heavy atom. The van der Waals surface area contributed by atoms with Crippen molar-refractivity contribution in [2.45, 2.75) is 32.9 Å². The van der Waals surface area contributed by atoms with Gasteiger partial charge in [0.1, 0.15) is 0 Å². The minimum absolute atomic E-state index is 0. The van der Waals surface area contributed by atoms with Crippen LogP contribution >= 0.6 is 39.9 Å². The number of guanidine groups is 1. The Morgan fingerprint density at radius 3 is 2.72 bits per heavy atom. The molecule has 18 heavy (non-hydrogen) atoms. The van der Waals surface area contributed by atoms with Crippen molar-refractivity contribution in [3.05, 3.63) is 34.3 Å². The molecule has 0 aromatic heterocycles. The molecule has 0 saturated carbocycles. The van der Waals surface area contributed by atoms with E-state index in [0.29, 0.717) is 6.04 Å².